The fourth-order valence-corrected chi connectivity index (χ4v) is 4.44. The van der Waals surface area contributed by atoms with Crippen molar-refractivity contribution in [3.63, 3.8) is 0 Å². The maximum Gasteiger partial charge on any atom is 0.0197 e. The van der Waals surface area contributed by atoms with Crippen LogP contribution in [0.1, 0.15) is 104 Å². The van der Waals surface area contributed by atoms with Gasteiger partial charge in [0.2, 0.25) is 0 Å². The maximum absolute atomic E-state index is 6.48. The first kappa shape index (κ1) is 19.2. The normalized spacial score (nSPS) is 24.9. The van der Waals surface area contributed by atoms with Crippen LogP contribution in [0.5, 0.6) is 0 Å². The fraction of sp³-hybridized carbons (Fsp3) is 1.00. The molecule has 1 heterocycles. The summed E-state index contributed by atoms with van der Waals surface area (Å²) in [6, 6.07) is 0.848. The van der Waals surface area contributed by atoms with Crippen molar-refractivity contribution in [3.05, 3.63) is 0 Å². The first-order chi connectivity index (χ1) is 11.2. The monoisotopic (exact) mass is 322 g/mol. The summed E-state index contributed by atoms with van der Waals surface area (Å²) in [7, 11) is 0. The lowest BCUT2D eigenvalue weighted by molar-refractivity contribution is 0.197. The summed E-state index contributed by atoms with van der Waals surface area (Å²) in [5.74, 6) is 0.792. The van der Waals surface area contributed by atoms with E-state index >= 15 is 0 Å². The predicted molar refractivity (Wildman–Crippen MR) is 102 cm³/mol. The molecule has 0 amide bonds. The van der Waals surface area contributed by atoms with Gasteiger partial charge in [-0.2, -0.15) is 0 Å². The van der Waals surface area contributed by atoms with Gasteiger partial charge in [0, 0.05) is 18.1 Å². The van der Waals surface area contributed by atoms with E-state index in [0.717, 1.165) is 12.0 Å². The van der Waals surface area contributed by atoms with Crippen LogP contribution in [-0.4, -0.2) is 29.6 Å². The topological polar surface area (TPSA) is 29.3 Å². The van der Waals surface area contributed by atoms with Crippen LogP contribution in [0.2, 0.25) is 0 Å². The highest BCUT2D eigenvalue weighted by atomic mass is 15.2. The molecule has 2 rings (SSSR count). The number of unbranched alkanes of at least 4 members (excludes halogenated alkanes) is 7. The molecule has 0 radical (unpaired) electrons. The van der Waals surface area contributed by atoms with Crippen molar-refractivity contribution < 1.29 is 0 Å². The van der Waals surface area contributed by atoms with Crippen molar-refractivity contribution >= 4 is 0 Å². The van der Waals surface area contributed by atoms with E-state index in [0.29, 0.717) is 0 Å². The van der Waals surface area contributed by atoms with Crippen molar-refractivity contribution in [2.75, 3.05) is 13.1 Å². The Hall–Kier alpha value is -0.0800. The quantitative estimate of drug-likeness (QED) is 0.454. The molecule has 2 N–H and O–H groups in total. The van der Waals surface area contributed by atoms with Gasteiger partial charge < -0.3 is 10.6 Å². The summed E-state index contributed by atoms with van der Waals surface area (Å²) in [4.78, 5) is 2.82. The van der Waals surface area contributed by atoms with Crippen LogP contribution in [-0.2, 0) is 0 Å². The van der Waals surface area contributed by atoms with Crippen molar-refractivity contribution in [2.45, 2.75) is 115 Å². The highest BCUT2D eigenvalue weighted by molar-refractivity contribution is 5.07. The minimum Gasteiger partial charge on any atom is -0.325 e. The molecule has 0 aromatic rings. The molecule has 136 valence electrons. The molecule has 0 aromatic heterocycles. The Kier molecular flexibility index (Phi) is 8.40. The number of nitrogens with zero attached hydrogens (tertiary/aromatic N) is 1. The van der Waals surface area contributed by atoms with Crippen molar-refractivity contribution in [1.29, 1.82) is 0 Å². The van der Waals surface area contributed by atoms with Gasteiger partial charge in [-0.25, -0.2) is 0 Å². The molecule has 1 saturated heterocycles. The SMILES string of the molecule is CCCCCCCC(CCCCCC)N1CCC(C2(N)CC2)C1. The van der Waals surface area contributed by atoms with Gasteiger partial charge in [-0.3, -0.25) is 0 Å². The summed E-state index contributed by atoms with van der Waals surface area (Å²) in [5, 5.41) is 0. The third-order valence-electron chi connectivity index (χ3n) is 6.41. The van der Waals surface area contributed by atoms with Crippen LogP contribution in [0.4, 0.5) is 0 Å². The van der Waals surface area contributed by atoms with E-state index in [2.05, 4.69) is 18.7 Å². The summed E-state index contributed by atoms with van der Waals surface area (Å²) >= 11 is 0. The van der Waals surface area contributed by atoms with Crippen molar-refractivity contribution in [2.24, 2.45) is 11.7 Å². The van der Waals surface area contributed by atoms with Gasteiger partial charge in [-0.1, -0.05) is 71.6 Å². The van der Waals surface area contributed by atoms with E-state index in [1.54, 1.807) is 0 Å². The molecule has 2 aliphatic rings. The van der Waals surface area contributed by atoms with Gasteiger partial charge in [0.1, 0.15) is 0 Å². The number of hydrogen-bond donors (Lipinski definition) is 1. The zero-order valence-electron chi connectivity index (χ0n) is 16.0. The molecular weight excluding hydrogens is 280 g/mol. The van der Waals surface area contributed by atoms with Gasteiger partial charge in [0.05, 0.1) is 0 Å². The average molecular weight is 323 g/mol. The second-order valence-electron chi connectivity index (χ2n) is 8.42. The van der Waals surface area contributed by atoms with E-state index in [1.807, 2.05) is 0 Å². The van der Waals surface area contributed by atoms with Crippen molar-refractivity contribution in [1.82, 2.24) is 4.90 Å². The Morgan fingerprint density at radius 1 is 0.913 bits per heavy atom. The summed E-state index contributed by atoms with van der Waals surface area (Å²) < 4.78 is 0. The lowest BCUT2D eigenvalue weighted by atomic mass is 9.97. The minimum absolute atomic E-state index is 0.239. The largest absolute Gasteiger partial charge is 0.325 e. The van der Waals surface area contributed by atoms with Gasteiger partial charge in [-0.05, 0) is 44.6 Å². The molecule has 2 nitrogen and oxygen atoms in total. The van der Waals surface area contributed by atoms with Gasteiger partial charge in [-0.15, -0.1) is 0 Å². The highest BCUT2D eigenvalue weighted by Gasteiger charge is 2.48. The number of likely N-dealkylation sites (tertiary alicyclic amines) is 1. The molecule has 2 unspecified atom stereocenters. The number of rotatable bonds is 13. The molecule has 0 bridgehead atoms. The lowest BCUT2D eigenvalue weighted by Gasteiger charge is -2.29. The number of nitrogens with two attached hydrogens (primary N) is 1. The Morgan fingerprint density at radius 3 is 2.04 bits per heavy atom. The molecule has 1 aliphatic carbocycles. The summed E-state index contributed by atoms with van der Waals surface area (Å²) in [6.07, 6.45) is 19.5. The summed E-state index contributed by atoms with van der Waals surface area (Å²) in [6.45, 7) is 7.23. The van der Waals surface area contributed by atoms with Gasteiger partial charge >= 0.3 is 0 Å². The molecule has 2 heteroatoms. The Balaban J connectivity index is 1.73. The first-order valence-electron chi connectivity index (χ1n) is 10.7. The minimum atomic E-state index is 0.239. The molecular formula is C21H42N2. The third-order valence-corrected chi connectivity index (χ3v) is 6.41. The third kappa shape index (κ3) is 6.38. The molecule has 1 saturated carbocycles. The van der Waals surface area contributed by atoms with Crippen LogP contribution in [0.15, 0.2) is 0 Å². The smallest absolute Gasteiger partial charge is 0.0197 e. The Bertz CT molecular complexity index is 311. The zero-order valence-corrected chi connectivity index (χ0v) is 16.0. The van der Waals surface area contributed by atoms with Crippen LogP contribution in [0.25, 0.3) is 0 Å². The second kappa shape index (κ2) is 10.0. The molecule has 2 atom stereocenters. The van der Waals surface area contributed by atoms with Gasteiger partial charge in [0.25, 0.3) is 0 Å². The summed E-state index contributed by atoms with van der Waals surface area (Å²) in [5.41, 5.74) is 6.72. The van der Waals surface area contributed by atoms with E-state index in [4.69, 9.17) is 5.73 Å². The maximum atomic E-state index is 6.48. The molecule has 23 heavy (non-hydrogen) atoms. The van der Waals surface area contributed by atoms with Crippen LogP contribution < -0.4 is 5.73 Å². The van der Waals surface area contributed by atoms with Gasteiger partial charge in [0.15, 0.2) is 0 Å². The average Bonchev–Trinajstić information content (AvgIpc) is 3.11. The first-order valence-corrected chi connectivity index (χ1v) is 10.7. The van der Waals surface area contributed by atoms with E-state index in [-0.39, 0.29) is 5.54 Å². The standard InChI is InChI=1S/C21H42N2/c1-3-5-7-9-11-13-20(12-10-8-6-4-2)23-17-14-19(18-23)21(22)15-16-21/h19-20H,3-18,22H2,1-2H3. The Labute approximate surface area is 145 Å². The highest BCUT2D eigenvalue weighted by Crippen LogP contribution is 2.44. The molecule has 2 fully saturated rings. The van der Waals surface area contributed by atoms with Crippen molar-refractivity contribution in [3.8, 4) is 0 Å². The lowest BCUT2D eigenvalue weighted by Crippen LogP contribution is -2.38. The van der Waals surface area contributed by atoms with Crippen LogP contribution in [0, 0.1) is 5.92 Å². The molecule has 1 aliphatic heterocycles. The van der Waals surface area contributed by atoms with Crippen LogP contribution >= 0.6 is 0 Å². The van der Waals surface area contributed by atoms with E-state index in [1.165, 1.54) is 103 Å². The second-order valence-corrected chi connectivity index (χ2v) is 8.42. The van der Waals surface area contributed by atoms with E-state index in [9.17, 15) is 0 Å². The zero-order chi connectivity index (χ0) is 16.5. The van der Waals surface area contributed by atoms with Crippen LogP contribution in [0.3, 0.4) is 0 Å². The molecule has 0 aromatic carbocycles. The molecule has 0 spiro atoms. The predicted octanol–water partition coefficient (Wildman–Crippen LogP) is 5.50. The fourth-order valence-electron chi connectivity index (χ4n) is 4.44. The Morgan fingerprint density at radius 2 is 1.48 bits per heavy atom. The van der Waals surface area contributed by atoms with E-state index < -0.39 is 0 Å². The number of hydrogen-bond acceptors (Lipinski definition) is 2.